The van der Waals surface area contributed by atoms with Crippen molar-refractivity contribution in [3.8, 4) is 0 Å². The first-order valence-corrected chi connectivity index (χ1v) is 5.74. The van der Waals surface area contributed by atoms with Gasteiger partial charge in [0.15, 0.2) is 0 Å². The van der Waals surface area contributed by atoms with E-state index in [-0.39, 0.29) is 0 Å². The maximum absolute atomic E-state index is 12.5. The molecule has 5 nitrogen and oxygen atoms in total. The van der Waals surface area contributed by atoms with Gasteiger partial charge in [-0.3, -0.25) is 4.68 Å². The van der Waals surface area contributed by atoms with Gasteiger partial charge < -0.3 is 5.32 Å². The second-order valence-electron chi connectivity index (χ2n) is 3.79. The highest BCUT2D eigenvalue weighted by Crippen LogP contribution is 2.11. The van der Waals surface area contributed by atoms with Crippen LogP contribution >= 0.6 is 0 Å². The minimum Gasteiger partial charge on any atom is -0.306 e. The normalized spacial score (nSPS) is 11.3. The lowest BCUT2D eigenvalue weighted by Gasteiger charge is -2.08. The number of alkyl halides is 2. The van der Waals surface area contributed by atoms with Crippen molar-refractivity contribution in [1.82, 2.24) is 24.9 Å². The Labute approximate surface area is 103 Å². The zero-order valence-electron chi connectivity index (χ0n) is 10.1. The first kappa shape index (κ1) is 12.7. The number of aromatic nitrogens is 4. The predicted octanol–water partition coefficient (Wildman–Crippen LogP) is 1.78. The van der Waals surface area contributed by atoms with E-state index < -0.39 is 6.55 Å². The van der Waals surface area contributed by atoms with Crippen LogP contribution in [-0.2, 0) is 19.6 Å². The fourth-order valence-electron chi connectivity index (χ4n) is 1.77. The first-order chi connectivity index (χ1) is 8.72. The average molecular weight is 255 g/mol. The summed E-state index contributed by atoms with van der Waals surface area (Å²) in [4.78, 5) is 0. The van der Waals surface area contributed by atoms with Crippen LogP contribution in [0.1, 0.15) is 24.9 Å². The summed E-state index contributed by atoms with van der Waals surface area (Å²) in [6.07, 6.45) is 3.10. The molecule has 0 bridgehead atoms. The van der Waals surface area contributed by atoms with E-state index in [0.717, 1.165) is 12.2 Å². The van der Waals surface area contributed by atoms with Gasteiger partial charge in [-0.15, -0.1) is 0 Å². The summed E-state index contributed by atoms with van der Waals surface area (Å²) in [5, 5.41) is 10.8. The molecule has 0 fully saturated rings. The Morgan fingerprint density at radius 1 is 1.17 bits per heavy atom. The Morgan fingerprint density at radius 2 is 1.83 bits per heavy atom. The Kier molecular flexibility index (Phi) is 4.03. The van der Waals surface area contributed by atoms with Crippen molar-refractivity contribution in [1.29, 1.82) is 0 Å². The first-order valence-electron chi connectivity index (χ1n) is 5.74. The summed E-state index contributed by atoms with van der Waals surface area (Å²) >= 11 is 0. The van der Waals surface area contributed by atoms with E-state index in [4.69, 9.17) is 0 Å². The minimum atomic E-state index is -2.60. The van der Waals surface area contributed by atoms with E-state index in [1.165, 1.54) is 6.20 Å². The average Bonchev–Trinajstić information content (AvgIpc) is 2.97. The van der Waals surface area contributed by atoms with Gasteiger partial charge >= 0.3 is 6.55 Å². The van der Waals surface area contributed by atoms with Crippen LogP contribution < -0.4 is 5.32 Å². The van der Waals surface area contributed by atoms with Gasteiger partial charge in [0.25, 0.3) is 0 Å². The molecule has 18 heavy (non-hydrogen) atoms. The SMILES string of the molecule is CCn1nccc1CNCc1ccnn1C(F)F. The number of rotatable bonds is 6. The lowest BCUT2D eigenvalue weighted by atomic mass is 10.4. The van der Waals surface area contributed by atoms with Gasteiger partial charge in [0.05, 0.1) is 11.4 Å². The van der Waals surface area contributed by atoms with Gasteiger partial charge in [-0.25, -0.2) is 4.68 Å². The Hall–Kier alpha value is -1.76. The van der Waals surface area contributed by atoms with Crippen LogP contribution in [0.25, 0.3) is 0 Å². The van der Waals surface area contributed by atoms with Crippen LogP contribution in [0.2, 0.25) is 0 Å². The molecule has 0 spiro atoms. The molecule has 7 heteroatoms. The van der Waals surface area contributed by atoms with Crippen molar-refractivity contribution >= 4 is 0 Å². The molecule has 0 aliphatic carbocycles. The largest absolute Gasteiger partial charge is 0.333 e. The van der Waals surface area contributed by atoms with Crippen molar-refractivity contribution in [2.75, 3.05) is 0 Å². The maximum atomic E-state index is 12.5. The smallest absolute Gasteiger partial charge is 0.306 e. The lowest BCUT2D eigenvalue weighted by Crippen LogP contribution is -2.19. The molecule has 0 amide bonds. The molecule has 0 aliphatic rings. The molecule has 98 valence electrons. The molecule has 2 aromatic heterocycles. The van der Waals surface area contributed by atoms with Crippen molar-refractivity contribution in [2.45, 2.75) is 33.1 Å². The third kappa shape index (κ3) is 2.73. The summed E-state index contributed by atoms with van der Waals surface area (Å²) in [6, 6.07) is 3.48. The van der Waals surface area contributed by atoms with Crippen molar-refractivity contribution < 1.29 is 8.78 Å². The molecular weight excluding hydrogens is 240 g/mol. The Bertz CT molecular complexity index is 491. The van der Waals surface area contributed by atoms with E-state index in [1.54, 1.807) is 12.3 Å². The van der Waals surface area contributed by atoms with E-state index >= 15 is 0 Å². The van der Waals surface area contributed by atoms with Gasteiger partial charge in [-0.2, -0.15) is 19.0 Å². The van der Waals surface area contributed by atoms with Gasteiger partial charge in [0.2, 0.25) is 0 Å². The zero-order chi connectivity index (χ0) is 13.0. The van der Waals surface area contributed by atoms with E-state index in [9.17, 15) is 8.78 Å². The summed E-state index contributed by atoms with van der Waals surface area (Å²) in [5.74, 6) is 0. The van der Waals surface area contributed by atoms with Crippen LogP contribution in [-0.4, -0.2) is 19.6 Å². The number of hydrogen-bond acceptors (Lipinski definition) is 3. The molecule has 0 unspecified atom stereocenters. The number of hydrogen-bond donors (Lipinski definition) is 1. The van der Waals surface area contributed by atoms with E-state index in [1.807, 2.05) is 17.7 Å². The van der Waals surface area contributed by atoms with Gasteiger partial charge in [0.1, 0.15) is 0 Å². The highest BCUT2D eigenvalue weighted by molar-refractivity contribution is 5.03. The molecule has 0 atom stereocenters. The Balaban J connectivity index is 1.90. The Morgan fingerprint density at radius 3 is 2.56 bits per heavy atom. The molecule has 2 aromatic rings. The molecule has 0 radical (unpaired) electrons. The maximum Gasteiger partial charge on any atom is 0.333 e. The topological polar surface area (TPSA) is 47.7 Å². The number of aryl methyl sites for hydroxylation is 1. The quantitative estimate of drug-likeness (QED) is 0.856. The van der Waals surface area contributed by atoms with Crippen LogP contribution in [0.5, 0.6) is 0 Å². The van der Waals surface area contributed by atoms with Gasteiger partial charge in [-0.1, -0.05) is 0 Å². The third-order valence-electron chi connectivity index (χ3n) is 2.65. The summed E-state index contributed by atoms with van der Waals surface area (Å²) in [7, 11) is 0. The second kappa shape index (κ2) is 5.72. The van der Waals surface area contributed by atoms with Crippen molar-refractivity contribution in [2.24, 2.45) is 0 Å². The van der Waals surface area contributed by atoms with Gasteiger partial charge in [-0.05, 0) is 19.1 Å². The molecule has 2 heterocycles. The van der Waals surface area contributed by atoms with Crippen LogP contribution in [0.15, 0.2) is 24.5 Å². The number of nitrogens with zero attached hydrogens (tertiary/aromatic N) is 4. The molecule has 0 saturated carbocycles. The fraction of sp³-hybridized carbons (Fsp3) is 0.455. The molecular formula is C11H15F2N5. The highest BCUT2D eigenvalue weighted by Gasteiger charge is 2.11. The second-order valence-corrected chi connectivity index (χ2v) is 3.79. The predicted molar refractivity (Wildman–Crippen MR) is 61.9 cm³/mol. The van der Waals surface area contributed by atoms with Crippen molar-refractivity contribution in [3.63, 3.8) is 0 Å². The zero-order valence-corrected chi connectivity index (χ0v) is 10.1. The van der Waals surface area contributed by atoms with E-state index in [0.29, 0.717) is 23.5 Å². The minimum absolute atomic E-state index is 0.346. The molecule has 1 N–H and O–H groups in total. The number of nitrogens with one attached hydrogen (secondary N) is 1. The molecule has 0 saturated heterocycles. The van der Waals surface area contributed by atoms with Gasteiger partial charge in [0, 0.05) is 32.0 Å². The monoisotopic (exact) mass is 255 g/mol. The molecule has 2 rings (SSSR count). The third-order valence-corrected chi connectivity index (χ3v) is 2.65. The summed E-state index contributed by atoms with van der Waals surface area (Å²) in [6.45, 7) is 1.13. The molecule has 0 aromatic carbocycles. The lowest BCUT2D eigenvalue weighted by molar-refractivity contribution is 0.0531. The fourth-order valence-corrected chi connectivity index (χ4v) is 1.77. The standard InChI is InChI=1S/C11H15F2N5/c1-2-17-9(3-5-15-17)7-14-8-10-4-6-16-18(10)11(12)13/h3-6,11,14H,2,7-8H2,1H3. The van der Waals surface area contributed by atoms with Crippen molar-refractivity contribution in [3.05, 3.63) is 35.9 Å². The van der Waals surface area contributed by atoms with E-state index in [2.05, 4.69) is 15.5 Å². The highest BCUT2D eigenvalue weighted by atomic mass is 19.3. The van der Waals surface area contributed by atoms with Crippen LogP contribution in [0.4, 0.5) is 8.78 Å². The summed E-state index contributed by atoms with van der Waals surface area (Å²) < 4.78 is 27.6. The van der Waals surface area contributed by atoms with Crippen LogP contribution in [0, 0.1) is 0 Å². The molecule has 0 aliphatic heterocycles. The number of halogens is 2. The summed E-state index contributed by atoms with van der Waals surface area (Å²) in [5.41, 5.74) is 1.49. The van der Waals surface area contributed by atoms with Crippen LogP contribution in [0.3, 0.4) is 0 Å².